The Morgan fingerprint density at radius 2 is 1.74 bits per heavy atom. The van der Waals surface area contributed by atoms with Crippen molar-refractivity contribution in [3.63, 3.8) is 0 Å². The van der Waals surface area contributed by atoms with Gasteiger partial charge < -0.3 is 15.3 Å². The molecule has 4 nitrogen and oxygen atoms in total. The fourth-order valence-corrected chi connectivity index (χ4v) is 2.76. The van der Waals surface area contributed by atoms with Crippen molar-refractivity contribution in [2.45, 2.75) is 58.5 Å². The Morgan fingerprint density at radius 1 is 1.16 bits per heavy atom. The highest BCUT2D eigenvalue weighted by Gasteiger charge is 2.17. The lowest BCUT2D eigenvalue weighted by Crippen LogP contribution is -2.41. The van der Waals surface area contributed by atoms with Gasteiger partial charge in [-0.25, -0.2) is 0 Å². The first-order chi connectivity index (χ1) is 9.19. The van der Waals surface area contributed by atoms with Gasteiger partial charge in [-0.05, 0) is 18.8 Å². The first-order valence-electron chi connectivity index (χ1n) is 7.85. The first kappa shape index (κ1) is 16.4. The Morgan fingerprint density at radius 3 is 2.26 bits per heavy atom. The Balaban J connectivity index is 2.22. The molecule has 1 heterocycles. The fraction of sp³-hybridized carbons (Fsp3) is 0.933. The Hall–Kier alpha value is -0.610. The van der Waals surface area contributed by atoms with Gasteiger partial charge in [0.2, 0.25) is 5.91 Å². The largest absolute Gasteiger partial charge is 0.392 e. The fourth-order valence-electron chi connectivity index (χ4n) is 2.76. The van der Waals surface area contributed by atoms with Crippen molar-refractivity contribution in [1.82, 2.24) is 10.2 Å². The summed E-state index contributed by atoms with van der Waals surface area (Å²) in [5.74, 6) is 0.513. The van der Waals surface area contributed by atoms with Gasteiger partial charge in [0.05, 0.1) is 12.6 Å². The van der Waals surface area contributed by atoms with Crippen LogP contribution >= 0.6 is 0 Å². The second kappa shape index (κ2) is 9.32. The zero-order valence-electron chi connectivity index (χ0n) is 12.5. The van der Waals surface area contributed by atoms with Crippen LogP contribution in [0.15, 0.2) is 0 Å². The second-order valence-corrected chi connectivity index (χ2v) is 5.57. The molecular weight excluding hydrogens is 240 g/mol. The summed E-state index contributed by atoms with van der Waals surface area (Å²) in [6.07, 6.45) is 6.37. The maximum atomic E-state index is 12.0. The van der Waals surface area contributed by atoms with Crippen molar-refractivity contribution in [2.24, 2.45) is 5.92 Å². The van der Waals surface area contributed by atoms with Crippen LogP contribution in [0.25, 0.3) is 0 Å². The van der Waals surface area contributed by atoms with Crippen molar-refractivity contribution in [3.8, 4) is 0 Å². The van der Waals surface area contributed by atoms with E-state index in [-0.39, 0.29) is 12.0 Å². The van der Waals surface area contributed by atoms with E-state index in [4.69, 9.17) is 0 Å². The van der Waals surface area contributed by atoms with Gasteiger partial charge in [-0.3, -0.25) is 4.79 Å². The number of hydrogen-bond acceptors (Lipinski definition) is 3. The Kier molecular flexibility index (Phi) is 8.07. The third kappa shape index (κ3) is 5.91. The maximum absolute atomic E-state index is 12.0. The van der Waals surface area contributed by atoms with Gasteiger partial charge in [-0.1, -0.05) is 39.5 Å². The number of amides is 1. The lowest BCUT2D eigenvalue weighted by atomic mass is 9.97. The zero-order chi connectivity index (χ0) is 14.1. The van der Waals surface area contributed by atoms with E-state index < -0.39 is 0 Å². The monoisotopic (exact) mass is 270 g/mol. The van der Waals surface area contributed by atoms with E-state index in [0.717, 1.165) is 38.8 Å². The molecule has 112 valence electrons. The van der Waals surface area contributed by atoms with Crippen LogP contribution in [-0.2, 0) is 4.79 Å². The third-order valence-electron chi connectivity index (χ3n) is 4.18. The van der Waals surface area contributed by atoms with Gasteiger partial charge >= 0.3 is 0 Å². The van der Waals surface area contributed by atoms with Gasteiger partial charge in [0.25, 0.3) is 0 Å². The van der Waals surface area contributed by atoms with Crippen LogP contribution < -0.4 is 5.32 Å². The lowest BCUT2D eigenvalue weighted by molar-refractivity contribution is -0.130. The molecule has 2 N–H and O–H groups in total. The average molecular weight is 270 g/mol. The normalized spacial score (nSPS) is 18.4. The molecule has 0 aromatic rings. The van der Waals surface area contributed by atoms with Crippen LogP contribution in [0.5, 0.6) is 0 Å². The molecule has 1 unspecified atom stereocenters. The molecule has 0 spiro atoms. The molecule has 0 aliphatic carbocycles. The molecule has 0 bridgehead atoms. The van der Waals surface area contributed by atoms with Crippen LogP contribution in [0.3, 0.4) is 0 Å². The molecular formula is C15H30N2O2. The first-order valence-corrected chi connectivity index (χ1v) is 7.85. The summed E-state index contributed by atoms with van der Waals surface area (Å²) in [6.45, 7) is 6.87. The van der Waals surface area contributed by atoms with Crippen LogP contribution in [0.2, 0.25) is 0 Å². The minimum absolute atomic E-state index is 0.179. The Bertz CT molecular complexity index is 247. The molecule has 19 heavy (non-hydrogen) atoms. The highest BCUT2D eigenvalue weighted by Crippen LogP contribution is 2.12. The number of nitrogens with one attached hydrogen (secondary N) is 1. The van der Waals surface area contributed by atoms with Crippen molar-refractivity contribution in [3.05, 3.63) is 0 Å². The third-order valence-corrected chi connectivity index (χ3v) is 4.18. The Labute approximate surface area is 117 Å². The number of carbonyl (C=O) groups excluding carboxylic acids is 1. The molecule has 1 aliphatic heterocycles. The lowest BCUT2D eigenvalue weighted by Gasteiger charge is -2.23. The van der Waals surface area contributed by atoms with Crippen LogP contribution in [0.1, 0.15) is 52.4 Å². The van der Waals surface area contributed by atoms with E-state index in [2.05, 4.69) is 19.2 Å². The molecule has 0 aromatic heterocycles. The topological polar surface area (TPSA) is 52.6 Å². The number of aliphatic hydroxyl groups excluding tert-OH is 1. The van der Waals surface area contributed by atoms with E-state index in [1.807, 2.05) is 4.90 Å². The molecule has 1 amide bonds. The molecule has 0 saturated carbocycles. The molecule has 1 atom stereocenters. The van der Waals surface area contributed by atoms with Crippen molar-refractivity contribution >= 4 is 5.91 Å². The predicted molar refractivity (Wildman–Crippen MR) is 78.0 cm³/mol. The summed E-state index contributed by atoms with van der Waals surface area (Å²) in [7, 11) is 0. The molecule has 1 rings (SSSR count). The molecule has 0 radical (unpaired) electrons. The van der Waals surface area contributed by atoms with Crippen LogP contribution in [-0.4, -0.2) is 48.2 Å². The number of aliphatic hydroxyl groups is 1. The molecule has 1 saturated heterocycles. The predicted octanol–water partition coefficient (Wildman–Crippen LogP) is 1.78. The summed E-state index contributed by atoms with van der Waals surface area (Å²) in [5, 5.41) is 13.1. The summed E-state index contributed by atoms with van der Waals surface area (Å²) >= 11 is 0. The minimum Gasteiger partial charge on any atom is -0.392 e. The van der Waals surface area contributed by atoms with Gasteiger partial charge in [0, 0.05) is 19.6 Å². The number of carbonyl (C=O) groups is 1. The van der Waals surface area contributed by atoms with Gasteiger partial charge in [0.1, 0.15) is 0 Å². The molecule has 1 aliphatic rings. The standard InChI is InChI=1S/C15H30N2O2/c1-3-13(4-2)14(18)11-16-12-15(19)17-9-7-5-6-8-10-17/h13-14,16,18H,3-12H2,1-2H3. The van der Waals surface area contributed by atoms with Crippen LogP contribution in [0.4, 0.5) is 0 Å². The van der Waals surface area contributed by atoms with Crippen LogP contribution in [0, 0.1) is 5.92 Å². The summed E-state index contributed by atoms with van der Waals surface area (Å²) in [5.41, 5.74) is 0. The van der Waals surface area contributed by atoms with E-state index in [1.165, 1.54) is 12.8 Å². The number of rotatable bonds is 7. The zero-order valence-corrected chi connectivity index (χ0v) is 12.5. The molecule has 4 heteroatoms. The summed E-state index contributed by atoms with van der Waals surface area (Å²) in [6, 6.07) is 0. The quantitative estimate of drug-likeness (QED) is 0.741. The van der Waals surface area contributed by atoms with Gasteiger partial charge in [-0.2, -0.15) is 0 Å². The molecule has 1 fully saturated rings. The molecule has 0 aromatic carbocycles. The van der Waals surface area contributed by atoms with E-state index in [9.17, 15) is 9.90 Å². The van der Waals surface area contributed by atoms with E-state index in [0.29, 0.717) is 19.0 Å². The summed E-state index contributed by atoms with van der Waals surface area (Å²) in [4.78, 5) is 14.0. The maximum Gasteiger partial charge on any atom is 0.236 e. The SMILES string of the molecule is CCC(CC)C(O)CNCC(=O)N1CCCCCC1. The second-order valence-electron chi connectivity index (χ2n) is 5.57. The highest BCUT2D eigenvalue weighted by atomic mass is 16.3. The number of likely N-dealkylation sites (tertiary alicyclic amines) is 1. The average Bonchev–Trinajstić information content (AvgIpc) is 2.69. The number of hydrogen-bond donors (Lipinski definition) is 2. The van der Waals surface area contributed by atoms with Crippen molar-refractivity contribution in [2.75, 3.05) is 26.2 Å². The van der Waals surface area contributed by atoms with E-state index >= 15 is 0 Å². The minimum atomic E-state index is -0.341. The summed E-state index contributed by atoms with van der Waals surface area (Å²) < 4.78 is 0. The van der Waals surface area contributed by atoms with Gasteiger partial charge in [-0.15, -0.1) is 0 Å². The number of nitrogens with zero attached hydrogens (tertiary/aromatic N) is 1. The smallest absolute Gasteiger partial charge is 0.236 e. The van der Waals surface area contributed by atoms with Crippen molar-refractivity contribution in [1.29, 1.82) is 0 Å². The highest BCUT2D eigenvalue weighted by molar-refractivity contribution is 5.78. The van der Waals surface area contributed by atoms with Crippen molar-refractivity contribution < 1.29 is 9.90 Å². The van der Waals surface area contributed by atoms with E-state index in [1.54, 1.807) is 0 Å². The van der Waals surface area contributed by atoms with Gasteiger partial charge in [0.15, 0.2) is 0 Å².